The Morgan fingerprint density at radius 2 is 1.78 bits per heavy atom. The molecular weight excluding hydrogens is 323 g/mol. The van der Waals surface area contributed by atoms with Gasteiger partial charge in [0, 0.05) is 25.2 Å². The highest BCUT2D eigenvalue weighted by Gasteiger charge is 2.27. The first-order valence-electron chi connectivity index (χ1n) is 6.71. The van der Waals surface area contributed by atoms with Crippen LogP contribution in [-0.4, -0.2) is 24.7 Å². The highest BCUT2D eigenvalue weighted by molar-refractivity contribution is 7.89. The highest BCUT2D eigenvalue weighted by Crippen LogP contribution is 2.27. The molecule has 0 spiro atoms. The Hall–Kier alpha value is -2.32. The topological polar surface area (TPSA) is 80.5 Å². The van der Waals surface area contributed by atoms with Crippen molar-refractivity contribution in [1.29, 1.82) is 0 Å². The van der Waals surface area contributed by atoms with Crippen molar-refractivity contribution in [3.8, 4) is 0 Å². The zero-order chi connectivity index (χ0) is 17.2. The Morgan fingerprint density at radius 1 is 1.17 bits per heavy atom. The zero-order valence-corrected chi connectivity index (χ0v) is 13.3. The van der Waals surface area contributed by atoms with E-state index in [1.165, 1.54) is 49.5 Å². The molecule has 23 heavy (non-hydrogen) atoms. The van der Waals surface area contributed by atoms with E-state index in [0.29, 0.717) is 5.56 Å². The first-order valence-corrected chi connectivity index (χ1v) is 8.15. The van der Waals surface area contributed by atoms with E-state index < -0.39 is 26.8 Å². The molecule has 0 heterocycles. The predicted molar refractivity (Wildman–Crippen MR) is 82.9 cm³/mol. The molecule has 0 amide bonds. The summed E-state index contributed by atoms with van der Waals surface area (Å²) < 4.78 is 39.3. The quantitative estimate of drug-likeness (QED) is 0.620. The maximum Gasteiger partial charge on any atom is 0.270 e. The Balaban J connectivity index is 2.36. The van der Waals surface area contributed by atoms with Gasteiger partial charge in [-0.3, -0.25) is 10.1 Å². The van der Waals surface area contributed by atoms with E-state index in [0.717, 1.165) is 10.4 Å². The summed E-state index contributed by atoms with van der Waals surface area (Å²) in [6.45, 7) is 1.65. The van der Waals surface area contributed by atoms with Crippen LogP contribution in [0.5, 0.6) is 0 Å². The molecule has 122 valence electrons. The number of nitro benzene ring substituents is 1. The van der Waals surface area contributed by atoms with E-state index in [1.807, 2.05) is 0 Å². The second kappa shape index (κ2) is 6.43. The van der Waals surface area contributed by atoms with Gasteiger partial charge in [-0.1, -0.05) is 18.2 Å². The van der Waals surface area contributed by atoms with Gasteiger partial charge in [0.1, 0.15) is 5.82 Å². The average Bonchev–Trinajstić information content (AvgIpc) is 2.54. The number of halogens is 1. The van der Waals surface area contributed by atoms with Crippen LogP contribution in [-0.2, 0) is 10.0 Å². The van der Waals surface area contributed by atoms with Gasteiger partial charge in [0.25, 0.3) is 5.69 Å². The first kappa shape index (κ1) is 17.0. The van der Waals surface area contributed by atoms with Crippen LogP contribution in [0.25, 0.3) is 0 Å². The minimum absolute atomic E-state index is 0.164. The molecule has 0 saturated carbocycles. The lowest BCUT2D eigenvalue weighted by atomic mass is 10.1. The minimum Gasteiger partial charge on any atom is -0.258 e. The molecular formula is C15H15FN2O4S. The van der Waals surface area contributed by atoms with Crippen molar-refractivity contribution in [3.05, 3.63) is 70.0 Å². The van der Waals surface area contributed by atoms with Crippen LogP contribution in [0, 0.1) is 15.9 Å². The molecule has 8 heteroatoms. The fourth-order valence-corrected chi connectivity index (χ4v) is 3.47. The molecule has 0 saturated heterocycles. The van der Waals surface area contributed by atoms with Crippen molar-refractivity contribution in [3.63, 3.8) is 0 Å². The van der Waals surface area contributed by atoms with E-state index in [2.05, 4.69) is 0 Å². The van der Waals surface area contributed by atoms with Gasteiger partial charge in [-0.2, -0.15) is 4.31 Å². The van der Waals surface area contributed by atoms with E-state index in [1.54, 1.807) is 6.92 Å². The van der Waals surface area contributed by atoms with Crippen LogP contribution in [0.4, 0.5) is 10.1 Å². The molecule has 0 N–H and O–H groups in total. The fraction of sp³-hybridized carbons (Fsp3) is 0.200. The Labute approximate surface area is 133 Å². The van der Waals surface area contributed by atoms with Crippen LogP contribution in [0.2, 0.25) is 0 Å². The van der Waals surface area contributed by atoms with Crippen molar-refractivity contribution in [2.45, 2.75) is 17.9 Å². The van der Waals surface area contributed by atoms with Crippen LogP contribution in [0.15, 0.2) is 53.4 Å². The lowest BCUT2D eigenvalue weighted by molar-refractivity contribution is -0.385. The van der Waals surface area contributed by atoms with Gasteiger partial charge in [-0.25, -0.2) is 12.8 Å². The van der Waals surface area contributed by atoms with Gasteiger partial charge >= 0.3 is 0 Å². The molecule has 0 radical (unpaired) electrons. The van der Waals surface area contributed by atoms with Gasteiger partial charge in [-0.05, 0) is 30.7 Å². The zero-order valence-electron chi connectivity index (χ0n) is 12.5. The maximum atomic E-state index is 13.0. The predicted octanol–water partition coefficient (Wildman–Crippen LogP) is 3.12. The second-order valence-corrected chi connectivity index (χ2v) is 7.00. The van der Waals surface area contributed by atoms with Crippen molar-refractivity contribution in [1.82, 2.24) is 4.31 Å². The number of hydrogen-bond acceptors (Lipinski definition) is 4. The largest absolute Gasteiger partial charge is 0.270 e. The van der Waals surface area contributed by atoms with Crippen molar-refractivity contribution < 1.29 is 17.7 Å². The smallest absolute Gasteiger partial charge is 0.258 e. The summed E-state index contributed by atoms with van der Waals surface area (Å²) in [5, 5.41) is 10.8. The van der Waals surface area contributed by atoms with Crippen LogP contribution in [0.3, 0.4) is 0 Å². The molecule has 2 rings (SSSR count). The number of benzene rings is 2. The molecule has 6 nitrogen and oxygen atoms in total. The van der Waals surface area contributed by atoms with E-state index in [4.69, 9.17) is 0 Å². The molecule has 0 aliphatic rings. The SMILES string of the molecule is CC(c1ccc(F)cc1)N(C)S(=O)(=O)c1cccc([N+](=O)[O-])c1. The lowest BCUT2D eigenvalue weighted by Crippen LogP contribution is -2.29. The third-order valence-electron chi connectivity index (χ3n) is 3.60. The summed E-state index contributed by atoms with van der Waals surface area (Å²) in [6.07, 6.45) is 0. The van der Waals surface area contributed by atoms with Crippen molar-refractivity contribution >= 4 is 15.7 Å². The molecule has 2 aromatic rings. The molecule has 1 unspecified atom stereocenters. The normalized spacial score (nSPS) is 13.0. The summed E-state index contributed by atoms with van der Waals surface area (Å²) in [7, 11) is -2.54. The number of sulfonamides is 1. The van der Waals surface area contributed by atoms with Crippen LogP contribution < -0.4 is 0 Å². The monoisotopic (exact) mass is 338 g/mol. The van der Waals surface area contributed by atoms with Gasteiger partial charge in [0.2, 0.25) is 10.0 Å². The van der Waals surface area contributed by atoms with Gasteiger partial charge < -0.3 is 0 Å². The number of hydrogen-bond donors (Lipinski definition) is 0. The van der Waals surface area contributed by atoms with E-state index in [-0.39, 0.29) is 10.6 Å². The summed E-state index contributed by atoms with van der Waals surface area (Å²) in [5.74, 6) is -0.412. The molecule has 1 atom stereocenters. The van der Waals surface area contributed by atoms with Crippen LogP contribution in [0.1, 0.15) is 18.5 Å². The lowest BCUT2D eigenvalue weighted by Gasteiger charge is -2.24. The molecule has 0 aliphatic heterocycles. The van der Waals surface area contributed by atoms with Crippen molar-refractivity contribution in [2.75, 3.05) is 7.05 Å². The Morgan fingerprint density at radius 3 is 2.35 bits per heavy atom. The van der Waals surface area contributed by atoms with Gasteiger partial charge in [0.15, 0.2) is 0 Å². The summed E-state index contributed by atoms with van der Waals surface area (Å²) in [4.78, 5) is 9.98. The van der Waals surface area contributed by atoms with Crippen molar-refractivity contribution in [2.24, 2.45) is 0 Å². The Kier molecular flexibility index (Phi) is 4.76. The van der Waals surface area contributed by atoms with E-state index >= 15 is 0 Å². The molecule has 0 aliphatic carbocycles. The number of non-ortho nitro benzene ring substituents is 1. The number of nitrogens with zero attached hydrogens (tertiary/aromatic N) is 2. The summed E-state index contributed by atoms with van der Waals surface area (Å²) >= 11 is 0. The third-order valence-corrected chi connectivity index (χ3v) is 5.53. The number of nitro groups is 1. The number of rotatable bonds is 5. The van der Waals surface area contributed by atoms with E-state index in [9.17, 15) is 22.9 Å². The fourth-order valence-electron chi connectivity index (χ4n) is 2.08. The van der Waals surface area contributed by atoms with Gasteiger partial charge in [-0.15, -0.1) is 0 Å². The first-order chi connectivity index (χ1) is 10.7. The second-order valence-electron chi connectivity index (χ2n) is 5.00. The maximum absolute atomic E-state index is 13.0. The third kappa shape index (κ3) is 3.54. The Bertz CT molecular complexity index is 822. The van der Waals surface area contributed by atoms with Gasteiger partial charge in [0.05, 0.1) is 9.82 Å². The highest BCUT2D eigenvalue weighted by atomic mass is 32.2. The molecule has 0 aromatic heterocycles. The summed E-state index contributed by atoms with van der Waals surface area (Å²) in [6, 6.07) is 9.81. The summed E-state index contributed by atoms with van der Waals surface area (Å²) in [5.41, 5.74) is 0.316. The van der Waals surface area contributed by atoms with Crippen LogP contribution >= 0.6 is 0 Å². The standard InChI is InChI=1S/C15H15FN2O4S/c1-11(12-6-8-13(16)9-7-12)17(2)23(21,22)15-5-3-4-14(10-15)18(19)20/h3-11H,1-2H3. The molecule has 0 bridgehead atoms. The minimum atomic E-state index is -3.92. The molecule has 2 aromatic carbocycles. The molecule has 0 fully saturated rings. The average molecular weight is 338 g/mol.